The minimum absolute atomic E-state index is 0.0285. The van der Waals surface area contributed by atoms with E-state index in [1.807, 2.05) is 49.5 Å². The Hall–Kier alpha value is -6.57. The molecular formula is C43H47N9O5. The fourth-order valence-corrected chi connectivity index (χ4v) is 7.64. The van der Waals surface area contributed by atoms with Gasteiger partial charge in [-0.1, -0.05) is 18.7 Å². The smallest absolute Gasteiger partial charge is 0.255 e. The number of azo groups is 1. The number of amides is 4. The number of piperidine rings is 1. The van der Waals surface area contributed by atoms with Crippen molar-refractivity contribution in [3.05, 3.63) is 113 Å². The summed E-state index contributed by atoms with van der Waals surface area (Å²) in [5.74, 6) is -0.184. The van der Waals surface area contributed by atoms with E-state index >= 15 is 0 Å². The van der Waals surface area contributed by atoms with Crippen LogP contribution in [0.15, 0.2) is 83.8 Å². The number of hydrogen-bond donors (Lipinski definition) is 3. The monoisotopic (exact) mass is 769 g/mol. The number of nitrogens with zero attached hydrogens (tertiary/aromatic N) is 6. The minimum atomic E-state index is -0.689. The van der Waals surface area contributed by atoms with Crippen LogP contribution in [0.4, 0.5) is 17.1 Å². The Balaban J connectivity index is 0.855. The Morgan fingerprint density at radius 2 is 1.89 bits per heavy atom. The molecule has 0 spiro atoms. The van der Waals surface area contributed by atoms with Crippen LogP contribution in [0.2, 0.25) is 0 Å². The van der Waals surface area contributed by atoms with Crippen LogP contribution in [0.1, 0.15) is 76.0 Å². The number of methoxy groups -OCH3 is 1. The molecule has 3 aromatic carbocycles. The van der Waals surface area contributed by atoms with E-state index in [2.05, 4.69) is 67.8 Å². The van der Waals surface area contributed by atoms with E-state index in [0.717, 1.165) is 70.0 Å². The van der Waals surface area contributed by atoms with Gasteiger partial charge in [-0.25, -0.2) is 0 Å². The molecule has 7 rings (SSSR count). The molecule has 0 saturated carbocycles. The van der Waals surface area contributed by atoms with Gasteiger partial charge in [-0.2, -0.15) is 15.3 Å². The summed E-state index contributed by atoms with van der Waals surface area (Å²) >= 11 is 0. The molecule has 0 radical (unpaired) electrons. The number of carbonyl (C=O) groups is 4. The van der Waals surface area contributed by atoms with Crippen LogP contribution in [0.5, 0.6) is 5.75 Å². The number of nitrogens with one attached hydrogen (secondary N) is 3. The van der Waals surface area contributed by atoms with Gasteiger partial charge in [0.05, 0.1) is 36.1 Å². The zero-order valence-electron chi connectivity index (χ0n) is 32.7. The summed E-state index contributed by atoms with van der Waals surface area (Å²) in [5, 5.41) is 21.6. The second kappa shape index (κ2) is 16.7. The lowest BCUT2D eigenvalue weighted by molar-refractivity contribution is -0.137. The van der Waals surface area contributed by atoms with Crippen LogP contribution in [0.25, 0.3) is 11.3 Å². The molecule has 14 heteroatoms. The van der Waals surface area contributed by atoms with Gasteiger partial charge in [0, 0.05) is 80.7 Å². The number of hydrogen-bond acceptors (Lipinski definition) is 10. The molecule has 0 aliphatic carbocycles. The largest absolute Gasteiger partial charge is 0.496 e. The first-order valence-corrected chi connectivity index (χ1v) is 19.1. The van der Waals surface area contributed by atoms with Crippen molar-refractivity contribution in [1.82, 2.24) is 30.6 Å². The second-order valence-corrected chi connectivity index (χ2v) is 14.6. The van der Waals surface area contributed by atoms with Crippen LogP contribution in [0.3, 0.4) is 0 Å². The highest BCUT2D eigenvalue weighted by atomic mass is 16.5. The summed E-state index contributed by atoms with van der Waals surface area (Å²) in [6.07, 6.45) is 7.02. The Morgan fingerprint density at radius 3 is 2.67 bits per heavy atom. The van der Waals surface area contributed by atoms with Crippen molar-refractivity contribution in [2.24, 2.45) is 10.2 Å². The number of rotatable bonds is 14. The second-order valence-electron chi connectivity index (χ2n) is 14.6. The summed E-state index contributed by atoms with van der Waals surface area (Å²) in [5.41, 5.74) is 10.5. The maximum absolute atomic E-state index is 13.1. The minimum Gasteiger partial charge on any atom is -0.496 e. The summed E-state index contributed by atoms with van der Waals surface area (Å²) in [7, 11) is 5.66. The molecule has 4 amide bonds. The Morgan fingerprint density at radius 1 is 1.09 bits per heavy atom. The van der Waals surface area contributed by atoms with E-state index in [1.54, 1.807) is 25.3 Å². The Kier molecular flexibility index (Phi) is 11.3. The lowest BCUT2D eigenvalue weighted by Gasteiger charge is -2.29. The van der Waals surface area contributed by atoms with E-state index in [0.29, 0.717) is 48.3 Å². The van der Waals surface area contributed by atoms with Gasteiger partial charge in [0.15, 0.2) is 0 Å². The van der Waals surface area contributed by atoms with Gasteiger partial charge in [-0.15, -0.1) is 0 Å². The molecule has 1 fully saturated rings. The maximum Gasteiger partial charge on any atom is 0.255 e. The highest BCUT2D eigenvalue weighted by Gasteiger charge is 2.40. The molecule has 1 unspecified atom stereocenters. The number of H-pyrrole nitrogens is 1. The average Bonchev–Trinajstić information content (AvgIpc) is 3.83. The first-order chi connectivity index (χ1) is 27.5. The molecule has 4 aromatic rings. The molecule has 1 atom stereocenters. The SMILES string of the molecule is C=C1c2[nH]ncc2C(c2cc(C)c(CCCC(=O)NCCCN(C)c3ccc(N=Nc4cccc5c4CN(C4CCC(=O)NC4=O)C5=O)cc3)c(OC)c2)=CN1C. The molecule has 1 aromatic heterocycles. The number of anilines is 1. The molecule has 4 heterocycles. The topological polar surface area (TPSA) is 165 Å². The molecule has 3 aliphatic heterocycles. The number of aryl methyl sites for hydroxylation is 1. The van der Waals surface area contributed by atoms with Crippen molar-refractivity contribution >= 4 is 52.0 Å². The lowest BCUT2D eigenvalue weighted by atomic mass is 9.91. The molecule has 14 nitrogen and oxygen atoms in total. The average molecular weight is 770 g/mol. The standard InChI is InChI=1S/C43H47N9O5/c1-26-21-28(34-24-51(4)27(2)41-33(34)23-45-49-41)22-38(57-5)31(26)9-7-12-39(53)44-19-8-20-50(3)30-15-13-29(14-16-30)47-48-36-11-6-10-32-35(36)25-52(43(32)56)37-17-18-40(54)46-42(37)55/h6,10-11,13-16,21-24,37H,2,7-9,12,17-20,25H2,1,3-5H3,(H,44,53)(H,45,49)(H,46,54,55). The van der Waals surface area contributed by atoms with Gasteiger partial charge in [-0.3, -0.25) is 29.6 Å². The molecule has 0 bridgehead atoms. The fraction of sp³-hybridized carbons (Fsp3) is 0.326. The van der Waals surface area contributed by atoms with Crippen LogP contribution < -0.4 is 20.3 Å². The van der Waals surface area contributed by atoms with E-state index < -0.39 is 11.9 Å². The van der Waals surface area contributed by atoms with Crippen molar-refractivity contribution in [2.75, 3.05) is 39.2 Å². The molecule has 3 aliphatic rings. The van der Waals surface area contributed by atoms with E-state index in [9.17, 15) is 19.2 Å². The number of ether oxygens (including phenoxy) is 1. The van der Waals surface area contributed by atoms with Crippen LogP contribution in [0, 0.1) is 6.92 Å². The van der Waals surface area contributed by atoms with Crippen molar-refractivity contribution in [3.8, 4) is 5.75 Å². The lowest BCUT2D eigenvalue weighted by Crippen LogP contribution is -2.52. The van der Waals surface area contributed by atoms with Crippen molar-refractivity contribution in [1.29, 1.82) is 0 Å². The van der Waals surface area contributed by atoms with Gasteiger partial charge in [0.25, 0.3) is 5.91 Å². The number of benzene rings is 3. The number of imide groups is 1. The van der Waals surface area contributed by atoms with Crippen molar-refractivity contribution in [3.63, 3.8) is 0 Å². The Bertz CT molecular complexity index is 2290. The third kappa shape index (κ3) is 8.20. The number of aromatic nitrogens is 2. The summed E-state index contributed by atoms with van der Waals surface area (Å²) in [6, 6.07) is 16.5. The van der Waals surface area contributed by atoms with Gasteiger partial charge in [0.1, 0.15) is 11.8 Å². The van der Waals surface area contributed by atoms with Gasteiger partial charge >= 0.3 is 0 Å². The zero-order valence-corrected chi connectivity index (χ0v) is 32.7. The molecular weight excluding hydrogens is 723 g/mol. The highest BCUT2D eigenvalue weighted by Crippen LogP contribution is 2.38. The third-order valence-corrected chi connectivity index (χ3v) is 10.9. The zero-order chi connectivity index (χ0) is 40.2. The van der Waals surface area contributed by atoms with Crippen LogP contribution in [-0.2, 0) is 27.3 Å². The van der Waals surface area contributed by atoms with Gasteiger partial charge in [0.2, 0.25) is 17.7 Å². The van der Waals surface area contributed by atoms with Gasteiger partial charge in [-0.05, 0) is 91.8 Å². The van der Waals surface area contributed by atoms with E-state index in [4.69, 9.17) is 4.74 Å². The molecule has 1 saturated heterocycles. The van der Waals surface area contributed by atoms with E-state index in [1.165, 1.54) is 4.90 Å². The molecule has 294 valence electrons. The quantitative estimate of drug-likeness (QED) is 0.0779. The predicted octanol–water partition coefficient (Wildman–Crippen LogP) is 6.17. The van der Waals surface area contributed by atoms with Crippen molar-refractivity contribution < 1.29 is 23.9 Å². The number of carbonyl (C=O) groups excluding carboxylic acids is 4. The first kappa shape index (κ1) is 38.7. The normalized spacial score (nSPS) is 16.4. The van der Waals surface area contributed by atoms with Crippen LogP contribution in [-0.4, -0.2) is 84.0 Å². The summed E-state index contributed by atoms with van der Waals surface area (Å²) in [6.45, 7) is 7.79. The molecule has 57 heavy (non-hydrogen) atoms. The summed E-state index contributed by atoms with van der Waals surface area (Å²) in [4.78, 5) is 55.5. The highest BCUT2D eigenvalue weighted by molar-refractivity contribution is 6.06. The number of aromatic amines is 1. The third-order valence-electron chi connectivity index (χ3n) is 10.9. The Labute approximate surface area is 331 Å². The number of fused-ring (bicyclic) bond motifs is 2. The van der Waals surface area contributed by atoms with E-state index in [-0.39, 0.29) is 30.7 Å². The first-order valence-electron chi connectivity index (χ1n) is 19.1. The maximum atomic E-state index is 13.1. The fourth-order valence-electron chi connectivity index (χ4n) is 7.64. The predicted molar refractivity (Wildman–Crippen MR) is 217 cm³/mol. The molecule has 3 N–H and O–H groups in total. The van der Waals surface area contributed by atoms with Crippen LogP contribution >= 0.6 is 0 Å². The van der Waals surface area contributed by atoms with Crippen molar-refractivity contribution in [2.45, 2.75) is 58.0 Å². The van der Waals surface area contributed by atoms with Gasteiger partial charge < -0.3 is 24.8 Å². The summed E-state index contributed by atoms with van der Waals surface area (Å²) < 4.78 is 5.83.